The predicted octanol–water partition coefficient (Wildman–Crippen LogP) is 5.36. The van der Waals surface area contributed by atoms with Gasteiger partial charge in [-0.1, -0.05) is 30.7 Å². The summed E-state index contributed by atoms with van der Waals surface area (Å²) >= 11 is 7.46. The highest BCUT2D eigenvalue weighted by atomic mass is 35.5. The average molecular weight is 323 g/mol. The van der Waals surface area contributed by atoms with Crippen molar-refractivity contribution in [2.75, 3.05) is 19.0 Å². The first-order chi connectivity index (χ1) is 9.07. The van der Waals surface area contributed by atoms with Crippen LogP contribution in [-0.2, 0) is 13.6 Å². The molecule has 3 nitrogen and oxygen atoms in total. The molecular formula is C13H20ClO3PS. The molecule has 0 saturated heterocycles. The Labute approximate surface area is 124 Å². The van der Waals surface area contributed by atoms with E-state index in [1.165, 1.54) is 0 Å². The molecule has 0 bridgehead atoms. The molecule has 0 spiro atoms. The molecule has 1 unspecified atom stereocenters. The van der Waals surface area contributed by atoms with Gasteiger partial charge in [0.25, 0.3) is 0 Å². The van der Waals surface area contributed by atoms with Crippen molar-refractivity contribution < 1.29 is 13.6 Å². The van der Waals surface area contributed by atoms with Crippen LogP contribution in [0.2, 0.25) is 5.02 Å². The van der Waals surface area contributed by atoms with Crippen molar-refractivity contribution in [1.29, 1.82) is 0 Å². The van der Waals surface area contributed by atoms with E-state index < -0.39 is 7.60 Å². The Bertz CT molecular complexity index is 414. The summed E-state index contributed by atoms with van der Waals surface area (Å²) in [5, 5.41) is 0.659. The van der Waals surface area contributed by atoms with E-state index in [0.29, 0.717) is 18.2 Å². The SMILES string of the molecule is CCOP(=O)(OCC)C(SCC)c1ccc(Cl)cc1. The Morgan fingerprint density at radius 3 is 2.11 bits per heavy atom. The zero-order chi connectivity index (χ0) is 14.3. The average Bonchev–Trinajstić information content (AvgIpc) is 2.38. The molecule has 0 aromatic heterocycles. The molecule has 0 aliphatic carbocycles. The van der Waals surface area contributed by atoms with E-state index in [1.807, 2.05) is 32.9 Å². The molecule has 1 rings (SSSR count). The van der Waals surface area contributed by atoms with E-state index in [2.05, 4.69) is 0 Å². The normalized spacial score (nSPS) is 13.5. The molecule has 0 heterocycles. The van der Waals surface area contributed by atoms with Gasteiger partial charge in [-0.25, -0.2) is 0 Å². The first-order valence-corrected chi connectivity index (χ1v) is 9.37. The highest BCUT2D eigenvalue weighted by Gasteiger charge is 2.36. The van der Waals surface area contributed by atoms with E-state index in [0.717, 1.165) is 11.3 Å². The molecule has 0 saturated carbocycles. The second-order valence-electron chi connectivity index (χ2n) is 3.73. The lowest BCUT2D eigenvalue weighted by molar-refractivity contribution is 0.218. The number of thioether (sulfide) groups is 1. The van der Waals surface area contributed by atoms with Gasteiger partial charge in [0.1, 0.15) is 4.99 Å². The molecule has 0 aliphatic heterocycles. The summed E-state index contributed by atoms with van der Waals surface area (Å²) in [6, 6.07) is 7.34. The second kappa shape index (κ2) is 8.33. The van der Waals surface area contributed by atoms with Gasteiger partial charge in [-0.3, -0.25) is 4.57 Å². The van der Waals surface area contributed by atoms with E-state index in [-0.39, 0.29) is 4.99 Å². The van der Waals surface area contributed by atoms with Crippen LogP contribution >= 0.6 is 31.0 Å². The summed E-state index contributed by atoms with van der Waals surface area (Å²) in [5.41, 5.74) is 0.918. The van der Waals surface area contributed by atoms with E-state index in [9.17, 15) is 4.57 Å². The van der Waals surface area contributed by atoms with Crippen molar-refractivity contribution in [2.45, 2.75) is 25.8 Å². The van der Waals surface area contributed by atoms with Crippen molar-refractivity contribution in [3.05, 3.63) is 34.9 Å². The predicted molar refractivity (Wildman–Crippen MR) is 83.2 cm³/mol. The fraction of sp³-hybridized carbons (Fsp3) is 0.538. The minimum atomic E-state index is -3.16. The fourth-order valence-corrected chi connectivity index (χ4v) is 5.62. The minimum Gasteiger partial charge on any atom is -0.308 e. The summed E-state index contributed by atoms with van der Waals surface area (Å²) < 4.78 is 23.8. The Kier molecular flexibility index (Phi) is 7.48. The summed E-state index contributed by atoms with van der Waals surface area (Å²) in [5.74, 6) is 0.831. The number of halogens is 1. The van der Waals surface area contributed by atoms with Crippen LogP contribution in [-0.4, -0.2) is 19.0 Å². The molecule has 0 aliphatic rings. The maximum Gasteiger partial charge on any atom is 0.347 e. The van der Waals surface area contributed by atoms with Gasteiger partial charge < -0.3 is 9.05 Å². The third-order valence-electron chi connectivity index (χ3n) is 2.38. The summed E-state index contributed by atoms with van der Waals surface area (Å²) in [6.45, 7) is 6.40. The molecular weight excluding hydrogens is 303 g/mol. The van der Waals surface area contributed by atoms with E-state index in [4.69, 9.17) is 20.6 Å². The van der Waals surface area contributed by atoms with Crippen molar-refractivity contribution in [3.8, 4) is 0 Å². The monoisotopic (exact) mass is 322 g/mol. The van der Waals surface area contributed by atoms with Crippen LogP contribution in [0.4, 0.5) is 0 Å². The van der Waals surface area contributed by atoms with E-state index >= 15 is 0 Å². The summed E-state index contributed by atoms with van der Waals surface area (Å²) in [7, 11) is -3.16. The summed E-state index contributed by atoms with van der Waals surface area (Å²) in [6.07, 6.45) is 0. The van der Waals surface area contributed by atoms with Crippen LogP contribution in [0.1, 0.15) is 31.3 Å². The Hall–Kier alpha value is 0.01000. The molecule has 1 aromatic carbocycles. The third kappa shape index (κ3) is 4.80. The first kappa shape index (κ1) is 17.1. The van der Waals surface area contributed by atoms with Gasteiger partial charge in [0.05, 0.1) is 13.2 Å². The summed E-state index contributed by atoms with van der Waals surface area (Å²) in [4.78, 5) is -0.310. The lowest BCUT2D eigenvalue weighted by atomic mass is 10.2. The molecule has 6 heteroatoms. The quantitative estimate of drug-likeness (QED) is 0.604. The van der Waals surface area contributed by atoms with Gasteiger partial charge in [-0.15, -0.1) is 11.8 Å². The molecule has 0 N–H and O–H groups in total. The number of hydrogen-bond acceptors (Lipinski definition) is 4. The van der Waals surface area contributed by atoms with E-state index in [1.54, 1.807) is 23.9 Å². The minimum absolute atomic E-state index is 0.310. The maximum atomic E-state index is 12.9. The number of benzene rings is 1. The zero-order valence-electron chi connectivity index (χ0n) is 11.5. The lowest BCUT2D eigenvalue weighted by Crippen LogP contribution is -2.04. The van der Waals surface area contributed by atoms with Crippen molar-refractivity contribution in [3.63, 3.8) is 0 Å². The van der Waals surface area contributed by atoms with Gasteiger partial charge >= 0.3 is 7.60 Å². The van der Waals surface area contributed by atoms with Gasteiger partial charge in [0, 0.05) is 5.02 Å². The van der Waals surface area contributed by atoms with Gasteiger partial charge in [-0.05, 0) is 37.3 Å². The highest BCUT2D eigenvalue weighted by Crippen LogP contribution is 2.65. The smallest absolute Gasteiger partial charge is 0.308 e. The Balaban J connectivity index is 3.09. The van der Waals surface area contributed by atoms with Crippen LogP contribution in [0.25, 0.3) is 0 Å². The largest absolute Gasteiger partial charge is 0.347 e. The number of rotatable bonds is 8. The van der Waals surface area contributed by atoms with Crippen LogP contribution in [0.5, 0.6) is 0 Å². The molecule has 108 valence electrons. The maximum absolute atomic E-state index is 12.9. The van der Waals surface area contributed by atoms with Crippen molar-refractivity contribution in [2.24, 2.45) is 0 Å². The Morgan fingerprint density at radius 1 is 1.16 bits per heavy atom. The molecule has 0 fully saturated rings. The van der Waals surface area contributed by atoms with Crippen LogP contribution in [0.3, 0.4) is 0 Å². The standard InChI is InChI=1S/C13H20ClO3PS/c1-4-16-18(15,17-5-2)13(19-6-3)11-7-9-12(14)10-8-11/h7-10,13H,4-6H2,1-3H3. The van der Waals surface area contributed by atoms with Crippen molar-refractivity contribution in [1.82, 2.24) is 0 Å². The lowest BCUT2D eigenvalue weighted by Gasteiger charge is -2.26. The van der Waals surface area contributed by atoms with Gasteiger partial charge in [-0.2, -0.15) is 0 Å². The molecule has 1 atom stereocenters. The van der Waals surface area contributed by atoms with Crippen LogP contribution in [0.15, 0.2) is 24.3 Å². The van der Waals surface area contributed by atoms with Crippen LogP contribution < -0.4 is 0 Å². The molecule has 0 amide bonds. The van der Waals surface area contributed by atoms with Gasteiger partial charge in [0.15, 0.2) is 0 Å². The first-order valence-electron chi connectivity index (χ1n) is 6.33. The molecule has 1 aromatic rings. The molecule has 0 radical (unpaired) electrons. The Morgan fingerprint density at radius 2 is 1.68 bits per heavy atom. The topological polar surface area (TPSA) is 35.5 Å². The number of hydrogen-bond donors (Lipinski definition) is 0. The second-order valence-corrected chi connectivity index (χ2v) is 8.01. The van der Waals surface area contributed by atoms with Crippen molar-refractivity contribution >= 4 is 31.0 Å². The van der Waals surface area contributed by atoms with Crippen LogP contribution in [0, 0.1) is 0 Å². The zero-order valence-corrected chi connectivity index (χ0v) is 13.9. The molecule has 19 heavy (non-hydrogen) atoms. The highest BCUT2D eigenvalue weighted by molar-refractivity contribution is 8.04. The fourth-order valence-electron chi connectivity index (χ4n) is 1.69. The third-order valence-corrected chi connectivity index (χ3v) is 6.89. The van der Waals surface area contributed by atoms with Gasteiger partial charge in [0.2, 0.25) is 0 Å².